The van der Waals surface area contributed by atoms with Gasteiger partial charge in [-0.3, -0.25) is 14.8 Å². The van der Waals surface area contributed by atoms with Crippen LogP contribution in [0.3, 0.4) is 0 Å². The first-order chi connectivity index (χ1) is 12.2. The minimum atomic E-state index is 0.718. The predicted octanol–water partition coefficient (Wildman–Crippen LogP) is 3.27. The van der Waals surface area contributed by atoms with Crippen LogP contribution in [0.2, 0.25) is 0 Å². The SMILES string of the molecule is S=C(Nc1cccc(Br)c1)N1CCS/C1=N/CCCN1CCOCC1. The summed E-state index contributed by atoms with van der Waals surface area (Å²) in [6.07, 6.45) is 1.07. The first-order valence-corrected chi connectivity index (χ1v) is 10.7. The van der Waals surface area contributed by atoms with Crippen molar-refractivity contribution >= 4 is 55.9 Å². The lowest BCUT2D eigenvalue weighted by Crippen LogP contribution is -2.37. The maximum absolute atomic E-state index is 5.58. The Balaban J connectivity index is 1.48. The Morgan fingerprint density at radius 2 is 2.16 bits per heavy atom. The minimum Gasteiger partial charge on any atom is -0.379 e. The highest BCUT2D eigenvalue weighted by atomic mass is 79.9. The summed E-state index contributed by atoms with van der Waals surface area (Å²) in [5.74, 6) is 1.03. The molecular weight excluding hydrogens is 420 g/mol. The molecule has 0 radical (unpaired) electrons. The van der Waals surface area contributed by atoms with E-state index in [1.165, 1.54) is 0 Å². The average Bonchev–Trinajstić information content (AvgIpc) is 3.08. The lowest BCUT2D eigenvalue weighted by molar-refractivity contribution is 0.0377. The zero-order valence-corrected chi connectivity index (χ0v) is 17.3. The van der Waals surface area contributed by atoms with Crippen LogP contribution in [-0.2, 0) is 4.74 Å². The fourth-order valence-corrected chi connectivity index (χ4v) is 4.50. The van der Waals surface area contributed by atoms with Crippen molar-refractivity contribution in [3.63, 3.8) is 0 Å². The molecule has 3 rings (SSSR count). The largest absolute Gasteiger partial charge is 0.379 e. The molecule has 2 saturated heterocycles. The Kier molecular flexibility index (Phi) is 7.54. The average molecular weight is 443 g/mol. The molecule has 5 nitrogen and oxygen atoms in total. The number of thioether (sulfide) groups is 1. The molecule has 2 fully saturated rings. The Bertz CT molecular complexity index is 622. The van der Waals surface area contributed by atoms with E-state index in [2.05, 4.69) is 31.0 Å². The highest BCUT2D eigenvalue weighted by molar-refractivity contribution is 9.10. The third-order valence-electron chi connectivity index (χ3n) is 4.08. The third-order valence-corrected chi connectivity index (χ3v) is 5.89. The van der Waals surface area contributed by atoms with Gasteiger partial charge in [0.05, 0.1) is 13.2 Å². The fraction of sp³-hybridized carbons (Fsp3) is 0.529. The van der Waals surface area contributed by atoms with Gasteiger partial charge in [-0.25, -0.2) is 0 Å². The summed E-state index contributed by atoms with van der Waals surface area (Å²) in [7, 11) is 0. The zero-order valence-electron chi connectivity index (χ0n) is 14.1. The van der Waals surface area contributed by atoms with E-state index in [-0.39, 0.29) is 0 Å². The van der Waals surface area contributed by atoms with Crippen molar-refractivity contribution in [1.29, 1.82) is 0 Å². The molecule has 1 aromatic rings. The van der Waals surface area contributed by atoms with Gasteiger partial charge in [0, 0.05) is 48.6 Å². The van der Waals surface area contributed by atoms with Crippen LogP contribution in [0.15, 0.2) is 33.7 Å². The van der Waals surface area contributed by atoms with Crippen molar-refractivity contribution in [2.75, 3.05) is 57.0 Å². The van der Waals surface area contributed by atoms with Gasteiger partial charge in [0.25, 0.3) is 0 Å². The van der Waals surface area contributed by atoms with Gasteiger partial charge in [-0.05, 0) is 36.8 Å². The highest BCUT2D eigenvalue weighted by Crippen LogP contribution is 2.21. The number of rotatable bonds is 5. The first-order valence-electron chi connectivity index (χ1n) is 8.54. The van der Waals surface area contributed by atoms with Crippen molar-refractivity contribution in [2.45, 2.75) is 6.42 Å². The number of nitrogens with one attached hydrogen (secondary N) is 1. The number of benzene rings is 1. The quantitative estimate of drug-likeness (QED) is 0.557. The number of hydrogen-bond acceptors (Lipinski definition) is 5. The summed E-state index contributed by atoms with van der Waals surface area (Å²) >= 11 is 10.9. The zero-order chi connectivity index (χ0) is 17.5. The van der Waals surface area contributed by atoms with Crippen LogP contribution >= 0.6 is 39.9 Å². The van der Waals surface area contributed by atoms with Crippen molar-refractivity contribution in [1.82, 2.24) is 9.80 Å². The molecule has 0 bridgehead atoms. The number of hydrogen-bond donors (Lipinski definition) is 1. The molecule has 1 N–H and O–H groups in total. The molecule has 1 aromatic carbocycles. The topological polar surface area (TPSA) is 40.1 Å². The molecule has 2 aliphatic heterocycles. The summed E-state index contributed by atoms with van der Waals surface area (Å²) in [5, 5.41) is 5.06. The number of amidine groups is 1. The summed E-state index contributed by atoms with van der Waals surface area (Å²) in [6.45, 7) is 6.63. The lowest BCUT2D eigenvalue weighted by Gasteiger charge is -2.26. The molecule has 8 heteroatoms. The fourth-order valence-electron chi connectivity index (χ4n) is 2.77. The summed E-state index contributed by atoms with van der Waals surface area (Å²) in [6, 6.07) is 8.03. The number of ether oxygens (including phenoxy) is 1. The molecule has 0 amide bonds. The Labute approximate surface area is 167 Å². The van der Waals surface area contributed by atoms with Crippen LogP contribution in [0.5, 0.6) is 0 Å². The van der Waals surface area contributed by atoms with E-state index in [1.54, 1.807) is 11.8 Å². The van der Waals surface area contributed by atoms with E-state index < -0.39 is 0 Å². The number of anilines is 1. The molecule has 0 saturated carbocycles. The molecule has 136 valence electrons. The van der Waals surface area contributed by atoms with Crippen LogP contribution in [-0.4, -0.2) is 71.8 Å². The lowest BCUT2D eigenvalue weighted by atomic mass is 10.3. The number of thiocarbonyl (C=S) groups is 1. The Hall–Kier alpha value is -0.670. The van der Waals surface area contributed by atoms with Crippen LogP contribution in [0.25, 0.3) is 0 Å². The normalized spacial score (nSPS) is 20.2. The van der Waals surface area contributed by atoms with Crippen LogP contribution in [0.1, 0.15) is 6.42 Å². The predicted molar refractivity (Wildman–Crippen MR) is 114 cm³/mol. The van der Waals surface area contributed by atoms with Gasteiger partial charge in [-0.15, -0.1) is 0 Å². The second-order valence-corrected chi connectivity index (χ2v) is 8.28. The molecule has 0 unspecified atom stereocenters. The molecule has 0 spiro atoms. The summed E-state index contributed by atoms with van der Waals surface area (Å²) in [4.78, 5) is 9.33. The van der Waals surface area contributed by atoms with E-state index >= 15 is 0 Å². The summed E-state index contributed by atoms with van der Waals surface area (Å²) < 4.78 is 6.42. The van der Waals surface area contributed by atoms with Gasteiger partial charge in [0.2, 0.25) is 0 Å². The van der Waals surface area contributed by atoms with Gasteiger partial charge < -0.3 is 10.1 Å². The second-order valence-electron chi connectivity index (χ2n) is 5.91. The van der Waals surface area contributed by atoms with Gasteiger partial charge in [0.1, 0.15) is 0 Å². The van der Waals surface area contributed by atoms with Crippen LogP contribution in [0.4, 0.5) is 5.69 Å². The minimum absolute atomic E-state index is 0.718. The second kappa shape index (κ2) is 9.87. The number of halogens is 1. The van der Waals surface area contributed by atoms with Gasteiger partial charge in [0.15, 0.2) is 10.3 Å². The highest BCUT2D eigenvalue weighted by Gasteiger charge is 2.23. The first kappa shape index (κ1) is 19.1. The molecule has 2 heterocycles. The Morgan fingerprint density at radius 3 is 2.96 bits per heavy atom. The maximum Gasteiger partial charge on any atom is 0.179 e. The maximum atomic E-state index is 5.58. The van der Waals surface area contributed by atoms with Crippen molar-refractivity contribution in [2.24, 2.45) is 4.99 Å². The van der Waals surface area contributed by atoms with E-state index in [1.807, 2.05) is 24.3 Å². The van der Waals surface area contributed by atoms with E-state index in [4.69, 9.17) is 21.9 Å². The Morgan fingerprint density at radius 1 is 1.32 bits per heavy atom. The van der Waals surface area contributed by atoms with Gasteiger partial charge in [-0.2, -0.15) is 0 Å². The van der Waals surface area contributed by atoms with Crippen molar-refractivity contribution in [3.05, 3.63) is 28.7 Å². The molecule has 0 aromatic heterocycles. The molecular formula is C17H23BrN4OS2. The third kappa shape index (κ3) is 5.92. The standard InChI is InChI=1S/C17H23BrN4OS2/c18-14-3-1-4-15(13-14)20-16(24)22-9-12-25-17(22)19-5-2-6-21-7-10-23-11-8-21/h1,3-4,13H,2,5-12H2,(H,20,24)/b19-17+. The molecule has 0 aliphatic carbocycles. The molecule has 2 aliphatic rings. The van der Waals surface area contributed by atoms with Crippen LogP contribution in [0, 0.1) is 0 Å². The number of morpholine rings is 1. The number of aliphatic imine (C=N–C) groups is 1. The molecule has 0 atom stereocenters. The van der Waals surface area contributed by atoms with E-state index in [9.17, 15) is 0 Å². The van der Waals surface area contributed by atoms with Gasteiger partial charge >= 0.3 is 0 Å². The van der Waals surface area contributed by atoms with E-state index in [0.29, 0.717) is 0 Å². The van der Waals surface area contributed by atoms with Crippen LogP contribution < -0.4 is 5.32 Å². The van der Waals surface area contributed by atoms with Gasteiger partial charge in [-0.1, -0.05) is 33.8 Å². The molecule has 25 heavy (non-hydrogen) atoms. The monoisotopic (exact) mass is 442 g/mol. The smallest absolute Gasteiger partial charge is 0.179 e. The summed E-state index contributed by atoms with van der Waals surface area (Å²) in [5.41, 5.74) is 0.989. The number of nitrogens with zero attached hydrogens (tertiary/aromatic N) is 3. The van der Waals surface area contributed by atoms with Crippen molar-refractivity contribution in [3.8, 4) is 0 Å². The van der Waals surface area contributed by atoms with E-state index in [0.717, 1.165) is 78.6 Å². The van der Waals surface area contributed by atoms with Crippen molar-refractivity contribution < 1.29 is 4.74 Å².